The number of rotatable bonds is 5. The normalized spacial score (nSPS) is 9.54. The Morgan fingerprint density at radius 3 is 2.85 bits per heavy atom. The highest BCUT2D eigenvalue weighted by atomic mass is 16.5. The minimum Gasteiger partial charge on any atom is -0.481 e. The summed E-state index contributed by atoms with van der Waals surface area (Å²) >= 11 is 0. The summed E-state index contributed by atoms with van der Waals surface area (Å²) in [6.07, 6.45) is -0.166. The van der Waals surface area contributed by atoms with Gasteiger partial charge in [0.1, 0.15) is 24.5 Å². The Bertz CT molecular complexity index is 301. The van der Waals surface area contributed by atoms with E-state index >= 15 is 0 Å². The van der Waals surface area contributed by atoms with Gasteiger partial charge in [0, 0.05) is 0 Å². The van der Waals surface area contributed by atoms with Crippen molar-refractivity contribution in [2.24, 2.45) is 0 Å². The van der Waals surface area contributed by atoms with Crippen molar-refractivity contribution in [2.75, 3.05) is 0 Å². The summed E-state index contributed by atoms with van der Waals surface area (Å²) in [5, 5.41) is 8.40. The molecule has 0 spiro atoms. The third kappa shape index (κ3) is 2.98. The van der Waals surface area contributed by atoms with Gasteiger partial charge in [-0.2, -0.15) is 0 Å². The van der Waals surface area contributed by atoms with Crippen LogP contribution >= 0.6 is 0 Å². The van der Waals surface area contributed by atoms with Crippen molar-refractivity contribution in [1.29, 1.82) is 0 Å². The molecule has 1 rings (SSSR count). The number of carboxylic acid groups (broad SMARTS) is 1. The van der Waals surface area contributed by atoms with Gasteiger partial charge in [-0.1, -0.05) is 0 Å². The number of hydrogen-bond acceptors (Lipinski definition) is 4. The van der Waals surface area contributed by atoms with Crippen molar-refractivity contribution in [1.82, 2.24) is 0 Å². The van der Waals surface area contributed by atoms with Gasteiger partial charge in [-0.25, -0.2) is 0 Å². The van der Waals surface area contributed by atoms with E-state index in [1.54, 1.807) is 6.07 Å². The van der Waals surface area contributed by atoms with Gasteiger partial charge in [0.15, 0.2) is 0 Å². The first-order valence-electron chi connectivity index (χ1n) is 3.57. The van der Waals surface area contributed by atoms with Crippen LogP contribution in [0.4, 0.5) is 0 Å². The Morgan fingerprint density at radius 1 is 1.54 bits per heavy atom. The van der Waals surface area contributed by atoms with Gasteiger partial charge in [0.2, 0.25) is 0 Å². The molecule has 5 nitrogen and oxygen atoms in total. The second-order valence-electron chi connectivity index (χ2n) is 2.35. The molecular weight excluding hydrogens is 176 g/mol. The first kappa shape index (κ1) is 9.31. The predicted molar refractivity (Wildman–Crippen MR) is 40.9 cm³/mol. The van der Waals surface area contributed by atoms with E-state index in [0.29, 0.717) is 18.0 Å². The topological polar surface area (TPSA) is 76.7 Å². The van der Waals surface area contributed by atoms with E-state index in [9.17, 15) is 9.59 Å². The van der Waals surface area contributed by atoms with E-state index in [4.69, 9.17) is 9.52 Å². The lowest BCUT2D eigenvalue weighted by molar-refractivity contribution is -0.136. The maximum absolute atomic E-state index is 10.2. The molecule has 1 N–H and O–H groups in total. The summed E-state index contributed by atoms with van der Waals surface area (Å²) in [5.41, 5.74) is 0. The summed E-state index contributed by atoms with van der Waals surface area (Å²) in [4.78, 5) is 20.0. The van der Waals surface area contributed by atoms with E-state index in [-0.39, 0.29) is 13.0 Å². The van der Waals surface area contributed by atoms with Gasteiger partial charge in [0.25, 0.3) is 6.47 Å². The molecule has 0 aliphatic carbocycles. The fourth-order valence-corrected chi connectivity index (χ4v) is 0.860. The fraction of sp³-hybridized carbons (Fsp3) is 0.250. The Kier molecular flexibility index (Phi) is 3.08. The number of carboxylic acids is 1. The highest BCUT2D eigenvalue weighted by Crippen LogP contribution is 2.09. The van der Waals surface area contributed by atoms with Crippen LogP contribution in [0.1, 0.15) is 11.5 Å². The molecule has 0 bridgehead atoms. The molecule has 0 radical (unpaired) electrons. The lowest BCUT2D eigenvalue weighted by atomic mass is 10.3. The van der Waals surface area contributed by atoms with Crippen LogP contribution in [0, 0.1) is 0 Å². The molecule has 1 heterocycles. The van der Waals surface area contributed by atoms with Crippen molar-refractivity contribution in [3.63, 3.8) is 0 Å². The number of aliphatic carboxylic acids is 1. The molecule has 0 aliphatic heterocycles. The average Bonchev–Trinajstić information content (AvgIpc) is 2.48. The molecule has 0 saturated heterocycles. The van der Waals surface area contributed by atoms with Gasteiger partial charge in [-0.3, -0.25) is 9.59 Å². The SMILES string of the molecule is O=COCc1ccc(CC(=O)O)o1. The third-order valence-electron chi connectivity index (χ3n) is 1.34. The molecule has 0 atom stereocenters. The largest absolute Gasteiger partial charge is 0.481 e. The smallest absolute Gasteiger partial charge is 0.311 e. The Morgan fingerprint density at radius 2 is 2.23 bits per heavy atom. The summed E-state index contributed by atoms with van der Waals surface area (Å²) in [6, 6.07) is 3.11. The summed E-state index contributed by atoms with van der Waals surface area (Å²) in [7, 11) is 0. The molecule has 5 heteroatoms. The maximum atomic E-state index is 10.2. The predicted octanol–water partition coefficient (Wildman–Crippen LogP) is 0.580. The molecular formula is C8H8O5. The van der Waals surface area contributed by atoms with Crippen LogP contribution in [0.3, 0.4) is 0 Å². The molecule has 0 fully saturated rings. The fourth-order valence-electron chi connectivity index (χ4n) is 0.860. The molecule has 1 aromatic heterocycles. The minimum atomic E-state index is -0.961. The van der Waals surface area contributed by atoms with Crippen LogP contribution in [0.15, 0.2) is 16.5 Å². The quantitative estimate of drug-likeness (QED) is 0.677. The lowest BCUT2D eigenvalue weighted by Crippen LogP contribution is -1.98. The van der Waals surface area contributed by atoms with Crippen molar-refractivity contribution in [2.45, 2.75) is 13.0 Å². The van der Waals surface area contributed by atoms with Crippen molar-refractivity contribution >= 4 is 12.4 Å². The van der Waals surface area contributed by atoms with Crippen molar-refractivity contribution in [3.8, 4) is 0 Å². The van der Waals surface area contributed by atoms with Gasteiger partial charge in [-0.05, 0) is 12.1 Å². The van der Waals surface area contributed by atoms with Crippen LogP contribution in [-0.4, -0.2) is 17.5 Å². The maximum Gasteiger partial charge on any atom is 0.311 e. The van der Waals surface area contributed by atoms with E-state index in [1.807, 2.05) is 0 Å². The zero-order chi connectivity index (χ0) is 9.68. The monoisotopic (exact) mass is 184 g/mol. The molecule has 0 amide bonds. The molecule has 1 aromatic rings. The first-order valence-corrected chi connectivity index (χ1v) is 3.57. The standard InChI is InChI=1S/C8H8O5/c9-5-12-4-7-2-1-6(13-7)3-8(10)11/h1-2,5H,3-4H2,(H,10,11). The van der Waals surface area contributed by atoms with E-state index in [2.05, 4.69) is 4.74 Å². The number of carbonyl (C=O) groups is 2. The highest BCUT2D eigenvalue weighted by molar-refractivity contribution is 5.69. The number of furan rings is 1. The van der Waals surface area contributed by atoms with Gasteiger partial charge in [0.05, 0.1) is 0 Å². The molecule has 70 valence electrons. The Hall–Kier alpha value is -1.78. The van der Waals surface area contributed by atoms with Crippen LogP contribution in [0.25, 0.3) is 0 Å². The Labute approximate surface area is 73.9 Å². The summed E-state index contributed by atoms with van der Waals surface area (Å²) < 4.78 is 9.45. The molecule has 0 aromatic carbocycles. The third-order valence-corrected chi connectivity index (χ3v) is 1.34. The first-order chi connectivity index (χ1) is 6.22. The van der Waals surface area contributed by atoms with Crippen molar-refractivity contribution < 1.29 is 23.8 Å². The second kappa shape index (κ2) is 4.30. The molecule has 0 unspecified atom stereocenters. The van der Waals surface area contributed by atoms with Crippen molar-refractivity contribution in [3.05, 3.63) is 23.7 Å². The highest BCUT2D eigenvalue weighted by Gasteiger charge is 2.05. The minimum absolute atomic E-state index is 0.0309. The van der Waals surface area contributed by atoms with Crippen LogP contribution in [-0.2, 0) is 27.4 Å². The summed E-state index contributed by atoms with van der Waals surface area (Å²) in [6.45, 7) is 0.336. The average molecular weight is 184 g/mol. The molecule has 0 aliphatic rings. The van der Waals surface area contributed by atoms with Crippen LogP contribution in [0.2, 0.25) is 0 Å². The van der Waals surface area contributed by atoms with Gasteiger partial charge in [-0.15, -0.1) is 0 Å². The summed E-state index contributed by atoms with van der Waals surface area (Å²) in [5.74, 6) is -0.183. The number of carbonyl (C=O) groups excluding carboxylic acids is 1. The zero-order valence-corrected chi connectivity index (χ0v) is 6.73. The second-order valence-corrected chi connectivity index (χ2v) is 2.35. The van der Waals surface area contributed by atoms with Crippen LogP contribution in [0.5, 0.6) is 0 Å². The zero-order valence-electron chi connectivity index (χ0n) is 6.73. The van der Waals surface area contributed by atoms with E-state index in [0.717, 1.165) is 0 Å². The Balaban J connectivity index is 2.53. The van der Waals surface area contributed by atoms with Gasteiger partial charge < -0.3 is 14.3 Å². The lowest BCUT2D eigenvalue weighted by Gasteiger charge is -1.93. The van der Waals surface area contributed by atoms with E-state index in [1.165, 1.54) is 6.07 Å². The van der Waals surface area contributed by atoms with Gasteiger partial charge >= 0.3 is 5.97 Å². The van der Waals surface area contributed by atoms with E-state index < -0.39 is 5.97 Å². The number of hydrogen-bond donors (Lipinski definition) is 1. The molecule has 0 saturated carbocycles. The van der Waals surface area contributed by atoms with Crippen LogP contribution < -0.4 is 0 Å². The number of ether oxygens (including phenoxy) is 1. The molecule has 13 heavy (non-hydrogen) atoms.